The highest BCUT2D eigenvalue weighted by Crippen LogP contribution is 2.33. The van der Waals surface area contributed by atoms with Gasteiger partial charge < -0.3 is 20.2 Å². The summed E-state index contributed by atoms with van der Waals surface area (Å²) in [6.45, 7) is 0.774. The van der Waals surface area contributed by atoms with E-state index in [-0.39, 0.29) is 55.4 Å². The Balaban J connectivity index is 1.41. The number of hydrogen-bond donors (Lipinski definition) is 2. The highest BCUT2D eigenvalue weighted by atomic mass is 16.3. The van der Waals surface area contributed by atoms with Crippen LogP contribution in [0.25, 0.3) is 0 Å². The number of carbonyl (C=O) groups is 2. The molecule has 0 spiro atoms. The topological polar surface area (TPSA) is 96.4 Å². The molecule has 6 rings (SSSR count). The lowest BCUT2D eigenvalue weighted by Crippen LogP contribution is -2.75. The Kier molecular flexibility index (Phi) is 9.87. The van der Waals surface area contributed by atoms with Crippen LogP contribution < -0.4 is 5.32 Å². The molecule has 2 heterocycles. The number of rotatable bonds is 11. The number of benzene rings is 4. The van der Waals surface area contributed by atoms with Crippen LogP contribution >= 0.6 is 0 Å². The zero-order chi connectivity index (χ0) is 33.5. The number of nitrogens with zero attached hydrogens (tertiary/aromatic N) is 4. The molecule has 2 amide bonds. The molecule has 2 N–H and O–H groups in total. The van der Waals surface area contributed by atoms with Gasteiger partial charge in [-0.3, -0.25) is 14.6 Å². The highest BCUT2D eigenvalue weighted by molar-refractivity contribution is 5.91. The first-order chi connectivity index (χ1) is 23.5. The minimum absolute atomic E-state index is 0.0709. The molecule has 2 atom stereocenters. The van der Waals surface area contributed by atoms with Crippen molar-refractivity contribution in [1.29, 1.82) is 0 Å². The van der Waals surface area contributed by atoms with Gasteiger partial charge in [0.15, 0.2) is 5.94 Å². The Labute approximate surface area is 280 Å². The molecule has 2 aliphatic heterocycles. The largest absolute Gasteiger partial charge is 0.508 e. The van der Waals surface area contributed by atoms with E-state index >= 15 is 0 Å². The lowest BCUT2D eigenvalue weighted by molar-refractivity contribution is -0.193. The molecule has 0 radical (unpaired) electrons. The van der Waals surface area contributed by atoms with Crippen molar-refractivity contribution in [3.8, 4) is 18.1 Å². The van der Waals surface area contributed by atoms with E-state index in [1.807, 2.05) is 66.7 Å². The van der Waals surface area contributed by atoms with Crippen LogP contribution in [0.4, 0.5) is 0 Å². The van der Waals surface area contributed by atoms with Crippen molar-refractivity contribution in [3.05, 3.63) is 143 Å². The fourth-order valence-corrected chi connectivity index (χ4v) is 6.62. The van der Waals surface area contributed by atoms with Crippen molar-refractivity contribution >= 4 is 17.8 Å². The summed E-state index contributed by atoms with van der Waals surface area (Å²) in [6.07, 6.45) is 5.25. The van der Waals surface area contributed by atoms with Gasteiger partial charge in [-0.1, -0.05) is 109 Å². The maximum absolute atomic E-state index is 14.6. The molecule has 4 aromatic carbocycles. The van der Waals surface area contributed by atoms with Crippen LogP contribution in [0, 0.1) is 12.3 Å². The zero-order valence-corrected chi connectivity index (χ0v) is 26.5. The van der Waals surface area contributed by atoms with E-state index in [2.05, 4.69) is 41.4 Å². The summed E-state index contributed by atoms with van der Waals surface area (Å²) in [5.74, 6) is 4.32. The first-order valence-electron chi connectivity index (χ1n) is 15.9. The molecule has 2 saturated heterocycles. The predicted molar refractivity (Wildman–Crippen MR) is 182 cm³/mol. The Morgan fingerprint density at radius 2 is 1.46 bits per heavy atom. The molecule has 4 aromatic rings. The van der Waals surface area contributed by atoms with Crippen molar-refractivity contribution in [3.63, 3.8) is 0 Å². The fraction of sp³-hybridized carbons (Fsp3) is 0.231. The molecule has 0 saturated carbocycles. The van der Waals surface area contributed by atoms with Gasteiger partial charge in [0.25, 0.3) is 0 Å². The summed E-state index contributed by atoms with van der Waals surface area (Å²) in [7, 11) is 0. The number of hydrazine groups is 1. The van der Waals surface area contributed by atoms with Gasteiger partial charge in [-0.15, -0.1) is 6.42 Å². The normalized spacial score (nSPS) is 17.9. The summed E-state index contributed by atoms with van der Waals surface area (Å²) >= 11 is 0. The Morgan fingerprint density at radius 1 is 0.854 bits per heavy atom. The summed E-state index contributed by atoms with van der Waals surface area (Å²) < 4.78 is 0. The summed E-state index contributed by atoms with van der Waals surface area (Å²) in [5.41, 5.74) is 3.85. The van der Waals surface area contributed by atoms with Crippen LogP contribution in [-0.4, -0.2) is 81.1 Å². The monoisotopic (exact) mass is 639 g/mol. The average Bonchev–Trinajstić information content (AvgIpc) is 3.12. The third-order valence-corrected chi connectivity index (χ3v) is 8.90. The van der Waals surface area contributed by atoms with Crippen molar-refractivity contribution in [2.45, 2.75) is 31.1 Å². The first kappa shape index (κ1) is 32.1. The van der Waals surface area contributed by atoms with E-state index in [1.54, 1.807) is 44.1 Å². The first-order valence-corrected chi connectivity index (χ1v) is 15.9. The second-order valence-electron chi connectivity index (χ2n) is 11.9. The van der Waals surface area contributed by atoms with Gasteiger partial charge in [-0.05, 0) is 34.4 Å². The van der Waals surface area contributed by atoms with E-state index < -0.39 is 12.2 Å². The van der Waals surface area contributed by atoms with Gasteiger partial charge in [0.05, 0.1) is 19.6 Å². The quantitative estimate of drug-likeness (QED) is 0.191. The molecule has 0 unspecified atom stereocenters. The van der Waals surface area contributed by atoms with E-state index in [0.717, 1.165) is 22.3 Å². The zero-order valence-electron chi connectivity index (χ0n) is 26.5. The number of terminal acetylenes is 1. The molecule has 0 aliphatic carbocycles. The molecular weight excluding hydrogens is 602 g/mol. The Hall–Kier alpha value is -5.81. The van der Waals surface area contributed by atoms with Crippen LogP contribution in [0.3, 0.4) is 0 Å². The number of phenols is 1. The molecule has 2 aliphatic rings. The van der Waals surface area contributed by atoms with Crippen LogP contribution in [0.15, 0.2) is 121 Å². The second kappa shape index (κ2) is 14.7. The van der Waals surface area contributed by atoms with Crippen molar-refractivity contribution in [1.82, 2.24) is 25.1 Å². The van der Waals surface area contributed by atoms with E-state index in [1.165, 1.54) is 0 Å². The predicted octanol–water partition coefficient (Wildman–Crippen LogP) is 3.76. The number of hydrogen-bond acceptors (Lipinski definition) is 7. The van der Waals surface area contributed by atoms with E-state index in [9.17, 15) is 19.5 Å². The van der Waals surface area contributed by atoms with Crippen molar-refractivity contribution in [2.24, 2.45) is 0 Å². The molecular formula is C39H37N5O4. The maximum Gasteiger partial charge on any atom is 0.245 e. The number of nitrogens with one attached hydrogen (secondary N) is 1. The highest BCUT2D eigenvalue weighted by Gasteiger charge is 2.51. The molecule has 2 fully saturated rings. The minimum atomic E-state index is -0.870. The summed E-state index contributed by atoms with van der Waals surface area (Å²) in [6, 6.07) is 35.5. The summed E-state index contributed by atoms with van der Waals surface area (Å²) in [5, 5.41) is 16.5. The standard InChI is InChI=1S/C39H37N5O4/c1-2-22-42-27-38(47)43-35(23-29-18-20-33(46)21-19-29)39(48)41(25-34(31-14-8-4-9-15-31)32-16-10-5-11-17-32)26-37(43)44(42)36(28-45)40-24-30-12-6-3-7-13-30/h1,3-21,34-35,37,40,46H,22-27H2/t35-,37-/m0/s1. The molecule has 242 valence electrons. The van der Waals surface area contributed by atoms with Crippen molar-refractivity contribution in [2.75, 3.05) is 26.2 Å². The molecule has 0 bridgehead atoms. The molecule has 9 nitrogen and oxygen atoms in total. The number of amides is 2. The molecule has 0 aromatic heterocycles. The van der Waals surface area contributed by atoms with Gasteiger partial charge >= 0.3 is 0 Å². The lowest BCUT2D eigenvalue weighted by atomic mass is 9.89. The van der Waals surface area contributed by atoms with Crippen molar-refractivity contribution < 1.29 is 19.5 Å². The fourth-order valence-electron chi connectivity index (χ4n) is 6.62. The van der Waals surface area contributed by atoms with Crippen LogP contribution in [-0.2, 0) is 27.3 Å². The smallest absolute Gasteiger partial charge is 0.245 e. The Bertz CT molecular complexity index is 1760. The van der Waals surface area contributed by atoms with Crippen LogP contribution in [0.2, 0.25) is 0 Å². The van der Waals surface area contributed by atoms with Gasteiger partial charge in [0.1, 0.15) is 18.0 Å². The second-order valence-corrected chi connectivity index (χ2v) is 11.9. The van der Waals surface area contributed by atoms with Gasteiger partial charge in [0, 0.05) is 25.4 Å². The van der Waals surface area contributed by atoms with Crippen LogP contribution in [0.5, 0.6) is 5.75 Å². The number of fused-ring (bicyclic) bond motifs is 1. The average molecular weight is 640 g/mol. The number of carbonyl (C=O) groups excluding carboxylic acids is 3. The lowest BCUT2D eigenvalue weighted by Gasteiger charge is -2.56. The van der Waals surface area contributed by atoms with E-state index in [0.29, 0.717) is 13.1 Å². The SMILES string of the molecule is C#CCN1CC(=O)N2[C@@H](Cc3ccc(O)cc3)C(=O)N(CC(c3ccccc3)c3ccccc3)C[C@@H]2N1C(=C=O)NCc1ccccc1. The van der Waals surface area contributed by atoms with E-state index in [4.69, 9.17) is 6.42 Å². The van der Waals surface area contributed by atoms with Crippen LogP contribution in [0.1, 0.15) is 28.2 Å². The molecule has 9 heteroatoms. The van der Waals surface area contributed by atoms with Gasteiger partial charge in [-0.2, -0.15) is 5.01 Å². The number of piperazine rings is 1. The van der Waals surface area contributed by atoms with Gasteiger partial charge in [0.2, 0.25) is 17.6 Å². The van der Waals surface area contributed by atoms with Gasteiger partial charge in [-0.25, -0.2) is 4.79 Å². The Morgan fingerprint density at radius 3 is 2.04 bits per heavy atom. The third kappa shape index (κ3) is 6.96. The minimum Gasteiger partial charge on any atom is -0.508 e. The molecule has 48 heavy (non-hydrogen) atoms. The third-order valence-electron chi connectivity index (χ3n) is 8.90. The maximum atomic E-state index is 14.6. The number of aromatic hydroxyl groups is 1. The number of phenolic OH excluding ortho intramolecular Hbond substituents is 1. The summed E-state index contributed by atoms with van der Waals surface area (Å²) in [4.78, 5) is 44.6.